The molecule has 3 unspecified atom stereocenters. The van der Waals surface area contributed by atoms with Crippen LogP contribution >= 0.6 is 0 Å². The minimum atomic E-state index is -3.69. The molecule has 4 fully saturated rings. The highest BCUT2D eigenvalue weighted by molar-refractivity contribution is 7.87. The first-order valence-corrected chi connectivity index (χ1v) is 18.6. The second kappa shape index (κ2) is 13.2. The third-order valence-electron chi connectivity index (χ3n) is 10.8. The van der Waals surface area contributed by atoms with E-state index in [2.05, 4.69) is 16.0 Å². The number of nitrogens with one attached hydrogen (secondary N) is 3. The molecule has 14 nitrogen and oxygen atoms in total. The van der Waals surface area contributed by atoms with Crippen molar-refractivity contribution in [3.8, 4) is 0 Å². The maximum atomic E-state index is 14.4. The largest absolute Gasteiger partial charge is 0.363 e. The molecule has 5 N–H and O–H groups in total. The van der Waals surface area contributed by atoms with Crippen molar-refractivity contribution in [2.45, 2.75) is 119 Å². The first-order valence-electron chi connectivity index (χ1n) is 17.2. The van der Waals surface area contributed by atoms with Gasteiger partial charge in [0.2, 0.25) is 17.6 Å². The number of carbonyl (C=O) groups is 5. The van der Waals surface area contributed by atoms with Gasteiger partial charge in [-0.15, -0.1) is 0 Å². The van der Waals surface area contributed by atoms with E-state index in [1.165, 1.54) is 13.5 Å². The molecule has 6 atom stereocenters. The van der Waals surface area contributed by atoms with Gasteiger partial charge in [-0.3, -0.25) is 19.2 Å². The molecule has 2 heterocycles. The molecule has 2 saturated heterocycles. The van der Waals surface area contributed by atoms with Crippen molar-refractivity contribution in [3.05, 3.63) is 0 Å². The van der Waals surface area contributed by atoms with Gasteiger partial charge in [0.25, 0.3) is 16.1 Å². The number of piperidine rings is 1. The number of fused-ring (bicyclic) bond motifs is 1. The fraction of sp³-hybridized carbons (Fsp3) is 0.848. The van der Waals surface area contributed by atoms with Crippen molar-refractivity contribution in [2.75, 3.05) is 26.2 Å². The summed E-state index contributed by atoms with van der Waals surface area (Å²) >= 11 is 0. The molecule has 0 bridgehead atoms. The Balaban J connectivity index is 1.52. The lowest BCUT2D eigenvalue weighted by atomic mass is 9.85. The van der Waals surface area contributed by atoms with Crippen molar-refractivity contribution in [1.29, 1.82) is 0 Å². The van der Waals surface area contributed by atoms with Crippen LogP contribution in [0.3, 0.4) is 0 Å². The van der Waals surface area contributed by atoms with E-state index in [0.29, 0.717) is 26.1 Å². The standard InChI is InChI=1S/C33H57N7O7S/c1-18(2)40-14-13-38(48(40,46)47)17-22(31(3,4)5)36-30(45)37-26(32(6,7)8)29(44)39-16-20-23(33(20,9)10)24(39)28(43)35-21(15-19-11-12-19)25(41)27(34)42/h18-24,26H,11-17H2,1-10H3,(H2,34,42)(H,35,43)(H2,36,37,45)/t20?,21?,22-,23?,24+,26-/m1/s1. The van der Waals surface area contributed by atoms with Crippen LogP contribution in [-0.4, -0.2) is 108 Å². The quantitative estimate of drug-likeness (QED) is 0.221. The van der Waals surface area contributed by atoms with E-state index in [-0.39, 0.29) is 35.8 Å². The van der Waals surface area contributed by atoms with Crippen molar-refractivity contribution < 1.29 is 32.4 Å². The van der Waals surface area contributed by atoms with Crippen LogP contribution in [0.4, 0.5) is 4.79 Å². The molecule has 4 aliphatic rings. The molecule has 0 aromatic rings. The Bertz CT molecular complexity index is 1410. The number of likely N-dealkylation sites (tertiary alicyclic amines) is 1. The van der Waals surface area contributed by atoms with Crippen molar-refractivity contribution >= 4 is 39.7 Å². The van der Waals surface area contributed by atoms with Crippen LogP contribution in [0, 0.1) is 34.0 Å². The molecule has 48 heavy (non-hydrogen) atoms. The summed E-state index contributed by atoms with van der Waals surface area (Å²) in [5.41, 5.74) is 3.81. The monoisotopic (exact) mass is 695 g/mol. The smallest absolute Gasteiger partial charge is 0.315 e. The van der Waals surface area contributed by atoms with Crippen LogP contribution in [-0.2, 0) is 29.4 Å². The van der Waals surface area contributed by atoms with Crippen molar-refractivity contribution in [1.82, 2.24) is 29.5 Å². The number of ketones is 1. The van der Waals surface area contributed by atoms with Crippen LogP contribution in [0.15, 0.2) is 0 Å². The number of urea groups is 1. The van der Waals surface area contributed by atoms with Crippen LogP contribution in [0.5, 0.6) is 0 Å². The Morgan fingerprint density at radius 1 is 0.917 bits per heavy atom. The molecule has 2 aliphatic carbocycles. The van der Waals surface area contributed by atoms with Gasteiger partial charge in [0.05, 0.1) is 6.04 Å². The molecule has 0 aromatic carbocycles. The highest BCUT2D eigenvalue weighted by Gasteiger charge is 2.70. The highest BCUT2D eigenvalue weighted by Crippen LogP contribution is 2.65. The summed E-state index contributed by atoms with van der Waals surface area (Å²) in [6, 6.07) is -4.37. The molecule has 15 heteroatoms. The third-order valence-corrected chi connectivity index (χ3v) is 13.0. The molecule has 0 aromatic heterocycles. The molecule has 272 valence electrons. The van der Waals surface area contributed by atoms with Gasteiger partial charge in [-0.25, -0.2) is 4.79 Å². The summed E-state index contributed by atoms with van der Waals surface area (Å²) in [7, 11) is -3.69. The fourth-order valence-corrected chi connectivity index (χ4v) is 9.14. The summed E-state index contributed by atoms with van der Waals surface area (Å²) in [6.45, 7) is 20.0. The SMILES string of the molecule is CC(C)N1CCN(C[C@@H](NC(=O)N[C@H](C(=O)N2CC3C([C@H]2C(=O)NC(CC2CC2)C(=O)C(N)=O)C3(C)C)C(C)(C)C)C(C)(C)C)S1(=O)=O. The zero-order valence-electron chi connectivity index (χ0n) is 30.3. The van der Waals surface area contributed by atoms with Gasteiger partial charge < -0.3 is 26.6 Å². The number of nitrogens with zero attached hydrogens (tertiary/aromatic N) is 3. The molecular weight excluding hydrogens is 638 g/mol. The fourth-order valence-electron chi connectivity index (χ4n) is 7.34. The maximum Gasteiger partial charge on any atom is 0.315 e. The van der Waals surface area contributed by atoms with Gasteiger partial charge in [-0.1, -0.05) is 68.2 Å². The lowest BCUT2D eigenvalue weighted by Gasteiger charge is -2.39. The van der Waals surface area contributed by atoms with E-state index < -0.39 is 74.7 Å². The predicted octanol–water partition coefficient (Wildman–Crippen LogP) is 1.21. The number of carbonyl (C=O) groups excluding carboxylic acids is 5. The van der Waals surface area contributed by atoms with Gasteiger partial charge in [0, 0.05) is 38.3 Å². The van der Waals surface area contributed by atoms with Crippen molar-refractivity contribution in [3.63, 3.8) is 0 Å². The third kappa shape index (κ3) is 7.83. The molecule has 2 aliphatic heterocycles. The number of hydrogen-bond donors (Lipinski definition) is 4. The Hall–Kier alpha value is -2.78. The van der Waals surface area contributed by atoms with Gasteiger partial charge in [0.15, 0.2) is 0 Å². The Morgan fingerprint density at radius 2 is 1.52 bits per heavy atom. The van der Waals surface area contributed by atoms with Crippen molar-refractivity contribution in [2.24, 2.45) is 39.7 Å². The van der Waals surface area contributed by atoms with Gasteiger partial charge >= 0.3 is 6.03 Å². The summed E-state index contributed by atoms with van der Waals surface area (Å²) in [6.07, 6.45) is 2.14. The van der Waals surface area contributed by atoms with Gasteiger partial charge in [-0.2, -0.15) is 17.0 Å². The van der Waals surface area contributed by atoms with E-state index in [1.54, 1.807) is 0 Å². The minimum absolute atomic E-state index is 0.0541. The molecule has 5 amide bonds. The average Bonchev–Trinajstić information content (AvgIpc) is 3.74. The van der Waals surface area contributed by atoms with Gasteiger partial charge in [-0.05, 0) is 54.3 Å². The van der Waals surface area contributed by atoms with E-state index in [9.17, 15) is 32.4 Å². The Morgan fingerprint density at radius 3 is 2.00 bits per heavy atom. The lowest BCUT2D eigenvalue weighted by molar-refractivity contribution is -0.145. The summed E-state index contributed by atoms with van der Waals surface area (Å²) in [4.78, 5) is 67.8. The van der Waals surface area contributed by atoms with Gasteiger partial charge in [0.1, 0.15) is 12.1 Å². The predicted molar refractivity (Wildman–Crippen MR) is 180 cm³/mol. The number of hydrogen-bond acceptors (Lipinski definition) is 7. The van der Waals surface area contributed by atoms with Crippen LogP contribution < -0.4 is 21.7 Å². The second-order valence-electron chi connectivity index (χ2n) is 17.3. The summed E-state index contributed by atoms with van der Waals surface area (Å²) in [5.74, 6) is -2.76. The van der Waals surface area contributed by atoms with Crippen LogP contribution in [0.2, 0.25) is 0 Å². The van der Waals surface area contributed by atoms with Crippen LogP contribution in [0.25, 0.3) is 0 Å². The maximum absolute atomic E-state index is 14.4. The van der Waals surface area contributed by atoms with Crippen LogP contribution in [0.1, 0.15) is 88.5 Å². The molecule has 4 rings (SSSR count). The molecular formula is C33H57N7O7S. The Labute approximate surface area is 285 Å². The normalized spacial score (nSPS) is 27.1. The molecule has 0 radical (unpaired) electrons. The summed E-state index contributed by atoms with van der Waals surface area (Å²) < 4.78 is 29.2. The van der Waals surface area contributed by atoms with E-state index in [0.717, 1.165) is 12.8 Å². The molecule has 2 saturated carbocycles. The lowest BCUT2D eigenvalue weighted by Crippen LogP contribution is -2.62. The second-order valence-corrected chi connectivity index (χ2v) is 19.1. The zero-order valence-corrected chi connectivity index (χ0v) is 31.1. The summed E-state index contributed by atoms with van der Waals surface area (Å²) in [5, 5.41) is 8.57. The number of rotatable bonds is 12. The van der Waals surface area contributed by atoms with E-state index >= 15 is 0 Å². The zero-order chi connectivity index (χ0) is 36.3. The number of amides is 5. The molecule has 0 spiro atoms. The number of Topliss-reactive ketones (excluding diaryl/α,β-unsaturated/α-hetero) is 1. The first kappa shape index (κ1) is 38.0. The Kier molecular flexibility index (Phi) is 10.4. The topological polar surface area (TPSA) is 191 Å². The first-order chi connectivity index (χ1) is 21.9. The number of primary amides is 1. The minimum Gasteiger partial charge on any atom is -0.363 e. The number of nitrogens with two attached hydrogens (primary N) is 1. The van der Waals surface area contributed by atoms with E-state index in [1.807, 2.05) is 69.2 Å². The highest BCUT2D eigenvalue weighted by atomic mass is 32.2. The van der Waals surface area contributed by atoms with E-state index in [4.69, 9.17) is 5.73 Å². The average molecular weight is 696 g/mol.